The van der Waals surface area contributed by atoms with E-state index in [4.69, 9.17) is 17.3 Å². The number of hydrogen-bond donors (Lipinski definition) is 2. The fourth-order valence-corrected chi connectivity index (χ4v) is 1.82. The Labute approximate surface area is 112 Å². The minimum Gasteiger partial charge on any atom is -0.398 e. The Kier molecular flexibility index (Phi) is 4.59. The lowest BCUT2D eigenvalue weighted by Gasteiger charge is -2.28. The second-order valence-electron chi connectivity index (χ2n) is 4.87. The van der Waals surface area contributed by atoms with Crippen LogP contribution in [0.1, 0.15) is 31.1 Å². The zero-order chi connectivity index (χ0) is 13.9. The first-order valence-electron chi connectivity index (χ1n) is 5.81. The Morgan fingerprint density at radius 2 is 2.11 bits per heavy atom. The van der Waals surface area contributed by atoms with Gasteiger partial charge in [-0.3, -0.25) is 4.79 Å². The summed E-state index contributed by atoms with van der Waals surface area (Å²) in [4.78, 5) is 13.8. The van der Waals surface area contributed by atoms with Crippen molar-refractivity contribution in [2.24, 2.45) is 0 Å². The first-order valence-corrected chi connectivity index (χ1v) is 6.19. The first-order chi connectivity index (χ1) is 8.24. The smallest absolute Gasteiger partial charge is 0.253 e. The Balaban J connectivity index is 2.93. The summed E-state index contributed by atoms with van der Waals surface area (Å²) in [6.45, 7) is 5.98. The topological polar surface area (TPSA) is 66.6 Å². The fourth-order valence-electron chi connectivity index (χ4n) is 1.64. The van der Waals surface area contributed by atoms with Crippen LogP contribution in [0, 0.1) is 0 Å². The Bertz CT molecular complexity index is 441. The van der Waals surface area contributed by atoms with Crippen molar-refractivity contribution in [1.82, 2.24) is 4.90 Å². The number of amides is 1. The highest BCUT2D eigenvalue weighted by molar-refractivity contribution is 6.33. The maximum Gasteiger partial charge on any atom is 0.253 e. The number of anilines is 1. The summed E-state index contributed by atoms with van der Waals surface area (Å²) < 4.78 is 0. The zero-order valence-electron chi connectivity index (χ0n) is 10.9. The molecule has 5 heteroatoms. The lowest BCUT2D eigenvalue weighted by molar-refractivity contribution is 0.0314. The van der Waals surface area contributed by atoms with Crippen LogP contribution in [0.4, 0.5) is 5.69 Å². The maximum atomic E-state index is 12.2. The molecule has 0 aliphatic heterocycles. The molecule has 0 atom stereocenters. The van der Waals surface area contributed by atoms with E-state index in [0.717, 1.165) is 0 Å². The van der Waals surface area contributed by atoms with Crippen LogP contribution in [0.2, 0.25) is 5.02 Å². The molecule has 0 aromatic heterocycles. The van der Waals surface area contributed by atoms with Gasteiger partial charge in [0.1, 0.15) is 0 Å². The van der Waals surface area contributed by atoms with Gasteiger partial charge in [0.05, 0.1) is 16.3 Å². The SMILES string of the molecule is CCN(CC(C)(C)O)C(=O)c1ccc(N)c(Cl)c1. The van der Waals surface area contributed by atoms with Crippen molar-refractivity contribution in [2.75, 3.05) is 18.8 Å². The maximum absolute atomic E-state index is 12.2. The number of nitrogens with zero attached hydrogens (tertiary/aromatic N) is 1. The second-order valence-corrected chi connectivity index (χ2v) is 5.28. The van der Waals surface area contributed by atoms with Crippen LogP contribution in [-0.4, -0.2) is 34.6 Å². The molecule has 0 aliphatic rings. The molecule has 0 bridgehead atoms. The number of carbonyl (C=O) groups is 1. The van der Waals surface area contributed by atoms with E-state index in [0.29, 0.717) is 22.8 Å². The van der Waals surface area contributed by atoms with E-state index in [1.54, 1.807) is 36.9 Å². The van der Waals surface area contributed by atoms with E-state index in [1.807, 2.05) is 6.92 Å². The summed E-state index contributed by atoms with van der Waals surface area (Å²) in [7, 11) is 0. The van der Waals surface area contributed by atoms with Gasteiger partial charge in [0.25, 0.3) is 5.91 Å². The van der Waals surface area contributed by atoms with Crippen molar-refractivity contribution < 1.29 is 9.90 Å². The number of rotatable bonds is 4. The molecule has 0 saturated carbocycles. The van der Waals surface area contributed by atoms with E-state index in [-0.39, 0.29) is 12.5 Å². The molecular formula is C13H19ClN2O2. The van der Waals surface area contributed by atoms with Gasteiger partial charge in [-0.1, -0.05) is 11.6 Å². The number of nitrogens with two attached hydrogens (primary N) is 1. The molecule has 3 N–H and O–H groups in total. The van der Waals surface area contributed by atoms with Gasteiger partial charge < -0.3 is 15.7 Å². The molecule has 18 heavy (non-hydrogen) atoms. The molecule has 0 radical (unpaired) electrons. The van der Waals surface area contributed by atoms with Crippen LogP contribution < -0.4 is 5.73 Å². The van der Waals surface area contributed by atoms with Gasteiger partial charge in [-0.2, -0.15) is 0 Å². The van der Waals surface area contributed by atoms with Gasteiger partial charge in [0.2, 0.25) is 0 Å². The quantitative estimate of drug-likeness (QED) is 0.824. The third kappa shape index (κ3) is 3.89. The number of likely N-dealkylation sites (N-methyl/N-ethyl adjacent to an activating group) is 1. The monoisotopic (exact) mass is 270 g/mol. The fraction of sp³-hybridized carbons (Fsp3) is 0.462. The summed E-state index contributed by atoms with van der Waals surface area (Å²) in [5.74, 6) is -0.165. The van der Waals surface area contributed by atoms with Gasteiger partial charge in [-0.05, 0) is 39.0 Å². The zero-order valence-corrected chi connectivity index (χ0v) is 11.7. The normalized spacial score (nSPS) is 11.4. The number of carbonyl (C=O) groups excluding carboxylic acids is 1. The number of halogens is 1. The second kappa shape index (κ2) is 5.59. The van der Waals surface area contributed by atoms with Crippen LogP contribution in [0.25, 0.3) is 0 Å². The third-order valence-corrected chi connectivity index (χ3v) is 2.82. The first kappa shape index (κ1) is 14.8. The summed E-state index contributed by atoms with van der Waals surface area (Å²) >= 11 is 5.89. The van der Waals surface area contributed by atoms with Crippen LogP contribution in [0.15, 0.2) is 18.2 Å². The third-order valence-electron chi connectivity index (χ3n) is 2.49. The lowest BCUT2D eigenvalue weighted by Crippen LogP contribution is -2.42. The Morgan fingerprint density at radius 1 is 1.50 bits per heavy atom. The molecule has 1 aromatic rings. The molecule has 0 fully saturated rings. The average molecular weight is 271 g/mol. The van der Waals surface area contributed by atoms with E-state index in [1.165, 1.54) is 0 Å². The van der Waals surface area contributed by atoms with Crippen molar-refractivity contribution >= 4 is 23.2 Å². The van der Waals surface area contributed by atoms with Crippen LogP contribution >= 0.6 is 11.6 Å². The van der Waals surface area contributed by atoms with Gasteiger partial charge in [0, 0.05) is 18.7 Å². The molecular weight excluding hydrogens is 252 g/mol. The van der Waals surface area contributed by atoms with Crippen LogP contribution in [-0.2, 0) is 0 Å². The molecule has 0 spiro atoms. The minimum atomic E-state index is -0.927. The van der Waals surface area contributed by atoms with Crippen LogP contribution in [0.5, 0.6) is 0 Å². The number of aliphatic hydroxyl groups is 1. The van der Waals surface area contributed by atoms with Gasteiger partial charge in [-0.25, -0.2) is 0 Å². The Hall–Kier alpha value is -1.26. The highest BCUT2D eigenvalue weighted by atomic mass is 35.5. The molecule has 0 saturated heterocycles. The van der Waals surface area contributed by atoms with Crippen molar-refractivity contribution in [3.8, 4) is 0 Å². The van der Waals surface area contributed by atoms with Gasteiger partial charge >= 0.3 is 0 Å². The summed E-state index contributed by atoms with van der Waals surface area (Å²) in [5.41, 5.74) is 5.59. The highest BCUT2D eigenvalue weighted by Crippen LogP contribution is 2.21. The Morgan fingerprint density at radius 3 is 2.56 bits per heavy atom. The summed E-state index contributed by atoms with van der Waals surface area (Å²) in [5, 5.41) is 10.1. The van der Waals surface area contributed by atoms with Crippen molar-refractivity contribution in [3.63, 3.8) is 0 Å². The minimum absolute atomic E-state index is 0.165. The highest BCUT2D eigenvalue weighted by Gasteiger charge is 2.22. The van der Waals surface area contributed by atoms with Crippen LogP contribution in [0.3, 0.4) is 0 Å². The molecule has 1 amide bonds. The van der Waals surface area contributed by atoms with E-state index in [9.17, 15) is 9.90 Å². The van der Waals surface area contributed by atoms with Crippen molar-refractivity contribution in [1.29, 1.82) is 0 Å². The standard InChI is InChI=1S/C13H19ClN2O2/c1-4-16(8-13(2,3)18)12(17)9-5-6-11(15)10(14)7-9/h5-7,18H,4,8,15H2,1-3H3. The average Bonchev–Trinajstić information content (AvgIpc) is 2.27. The molecule has 0 heterocycles. The van der Waals surface area contributed by atoms with E-state index in [2.05, 4.69) is 0 Å². The largest absolute Gasteiger partial charge is 0.398 e. The van der Waals surface area contributed by atoms with Gasteiger partial charge in [0.15, 0.2) is 0 Å². The number of nitrogen functional groups attached to an aromatic ring is 1. The van der Waals surface area contributed by atoms with Crippen molar-refractivity contribution in [3.05, 3.63) is 28.8 Å². The van der Waals surface area contributed by atoms with E-state index >= 15 is 0 Å². The molecule has 0 unspecified atom stereocenters. The summed E-state index contributed by atoms with van der Waals surface area (Å²) in [6.07, 6.45) is 0. The molecule has 0 aliphatic carbocycles. The van der Waals surface area contributed by atoms with E-state index < -0.39 is 5.60 Å². The molecule has 4 nitrogen and oxygen atoms in total. The van der Waals surface area contributed by atoms with Crippen molar-refractivity contribution in [2.45, 2.75) is 26.4 Å². The molecule has 1 rings (SSSR count). The van der Waals surface area contributed by atoms with Gasteiger partial charge in [-0.15, -0.1) is 0 Å². The number of hydrogen-bond acceptors (Lipinski definition) is 3. The molecule has 100 valence electrons. The predicted octanol–water partition coefficient (Wildman–Crippen LogP) is 2.16. The predicted molar refractivity (Wildman–Crippen MR) is 73.7 cm³/mol. The molecule has 1 aromatic carbocycles. The summed E-state index contributed by atoms with van der Waals surface area (Å²) in [6, 6.07) is 4.79. The number of benzene rings is 1. The lowest BCUT2D eigenvalue weighted by atomic mass is 10.1.